The molecule has 3 atom stereocenters. The van der Waals surface area contributed by atoms with Crippen LogP contribution in [0.25, 0.3) is 0 Å². The summed E-state index contributed by atoms with van der Waals surface area (Å²) in [6, 6.07) is 9.85. The number of allylic oxidation sites excluding steroid dienone is 1. The number of benzene rings is 1. The zero-order valence-electron chi connectivity index (χ0n) is 14.3. The maximum absolute atomic E-state index is 11.5. The molecule has 1 heterocycles. The van der Waals surface area contributed by atoms with Crippen molar-refractivity contribution in [2.75, 3.05) is 13.2 Å². The Labute approximate surface area is 143 Å². The fraction of sp³-hybridized carbons (Fsp3) is 0.526. The highest BCUT2D eigenvalue weighted by Gasteiger charge is 2.43. The van der Waals surface area contributed by atoms with Crippen LogP contribution in [-0.4, -0.2) is 42.6 Å². The van der Waals surface area contributed by atoms with E-state index in [0.717, 1.165) is 18.4 Å². The Bertz CT molecular complexity index is 540. The van der Waals surface area contributed by atoms with Gasteiger partial charge in [-0.15, -0.1) is 0 Å². The van der Waals surface area contributed by atoms with Gasteiger partial charge in [0.15, 0.2) is 0 Å². The Balaban J connectivity index is 1.60. The van der Waals surface area contributed by atoms with E-state index in [2.05, 4.69) is 0 Å². The van der Waals surface area contributed by atoms with Crippen LogP contribution in [0.15, 0.2) is 42.0 Å². The van der Waals surface area contributed by atoms with Gasteiger partial charge in [0.2, 0.25) is 0 Å². The smallest absolute Gasteiger partial charge is 0.333 e. The monoisotopic (exact) mass is 334 g/mol. The second kappa shape index (κ2) is 9.57. The molecule has 1 aromatic rings. The Morgan fingerprint density at radius 2 is 2.12 bits per heavy atom. The van der Waals surface area contributed by atoms with Crippen molar-refractivity contribution in [1.82, 2.24) is 0 Å². The number of hydrogen-bond donors (Lipinski definition) is 1. The largest absolute Gasteiger partial charge is 0.463 e. The normalized spacial score (nSPS) is 21.4. The number of ether oxygens (including phenoxy) is 3. The standard InChI is InChI=1S/C19H26O5/c1-3-23-19(21)14(2)8-7-11-17-18(24-17)16(20)13-22-12-15-9-5-4-6-10-15/h4-6,8-10,16-18,20H,3,7,11-13H2,1-2H3/b14-8+/t16-,17-,18-/m0/s1. The Morgan fingerprint density at radius 3 is 2.83 bits per heavy atom. The predicted octanol–water partition coefficient (Wildman–Crippen LogP) is 2.62. The van der Waals surface area contributed by atoms with Crippen LogP contribution in [0.3, 0.4) is 0 Å². The van der Waals surface area contributed by atoms with Gasteiger partial charge in [0.05, 0.1) is 25.9 Å². The van der Waals surface area contributed by atoms with E-state index in [0.29, 0.717) is 18.8 Å². The highest BCUT2D eigenvalue weighted by molar-refractivity contribution is 5.87. The summed E-state index contributed by atoms with van der Waals surface area (Å²) in [5, 5.41) is 10.1. The van der Waals surface area contributed by atoms with Crippen LogP contribution in [0, 0.1) is 0 Å². The van der Waals surface area contributed by atoms with Gasteiger partial charge in [0, 0.05) is 5.57 Å². The summed E-state index contributed by atoms with van der Waals surface area (Å²) >= 11 is 0. The first kappa shape index (κ1) is 18.6. The van der Waals surface area contributed by atoms with Crippen molar-refractivity contribution < 1.29 is 24.1 Å². The lowest BCUT2D eigenvalue weighted by atomic mass is 10.1. The summed E-state index contributed by atoms with van der Waals surface area (Å²) in [6.45, 7) is 4.65. The minimum Gasteiger partial charge on any atom is -0.463 e. The summed E-state index contributed by atoms with van der Waals surface area (Å²) in [5.41, 5.74) is 1.69. The van der Waals surface area contributed by atoms with E-state index in [4.69, 9.17) is 14.2 Å². The zero-order chi connectivity index (χ0) is 17.4. The molecule has 24 heavy (non-hydrogen) atoms. The number of rotatable bonds is 10. The molecule has 1 aliphatic heterocycles. The van der Waals surface area contributed by atoms with Gasteiger partial charge in [-0.25, -0.2) is 4.79 Å². The second-order valence-corrected chi connectivity index (χ2v) is 5.89. The summed E-state index contributed by atoms with van der Waals surface area (Å²) in [7, 11) is 0. The van der Waals surface area contributed by atoms with E-state index in [1.54, 1.807) is 13.8 Å². The third-order valence-electron chi connectivity index (χ3n) is 3.90. The SMILES string of the molecule is CCOC(=O)/C(C)=C/CC[C@@H]1O[C@H]1[C@@H](O)COCc1ccccc1. The Morgan fingerprint density at radius 1 is 1.38 bits per heavy atom. The Kier molecular flexibility index (Phi) is 7.43. The number of carbonyl (C=O) groups is 1. The van der Waals surface area contributed by atoms with E-state index in [1.807, 2.05) is 36.4 Å². The summed E-state index contributed by atoms with van der Waals surface area (Å²) < 4.78 is 15.9. The zero-order valence-corrected chi connectivity index (χ0v) is 14.3. The maximum Gasteiger partial charge on any atom is 0.333 e. The molecule has 1 aromatic carbocycles. The van der Waals surface area contributed by atoms with Crippen LogP contribution in [0.1, 0.15) is 32.3 Å². The van der Waals surface area contributed by atoms with Crippen LogP contribution < -0.4 is 0 Å². The lowest BCUT2D eigenvalue weighted by Crippen LogP contribution is -2.23. The first-order valence-electron chi connectivity index (χ1n) is 8.41. The molecule has 0 bridgehead atoms. The van der Waals surface area contributed by atoms with Gasteiger partial charge in [0.25, 0.3) is 0 Å². The summed E-state index contributed by atoms with van der Waals surface area (Å²) in [6.07, 6.45) is 2.60. The minimum atomic E-state index is -0.617. The summed E-state index contributed by atoms with van der Waals surface area (Å²) in [4.78, 5) is 11.5. The molecule has 1 fully saturated rings. The van der Waals surface area contributed by atoms with Crippen molar-refractivity contribution in [2.24, 2.45) is 0 Å². The molecule has 5 heteroatoms. The van der Waals surface area contributed by atoms with Crippen molar-refractivity contribution in [3.63, 3.8) is 0 Å². The first-order chi connectivity index (χ1) is 11.6. The first-order valence-corrected chi connectivity index (χ1v) is 8.41. The number of aliphatic hydroxyl groups excluding tert-OH is 1. The lowest BCUT2D eigenvalue weighted by Gasteiger charge is -2.09. The van der Waals surface area contributed by atoms with Gasteiger partial charge in [-0.3, -0.25) is 0 Å². The Hall–Kier alpha value is -1.69. The molecule has 0 unspecified atom stereocenters. The van der Waals surface area contributed by atoms with E-state index >= 15 is 0 Å². The van der Waals surface area contributed by atoms with Crippen LogP contribution in [0.4, 0.5) is 0 Å². The van der Waals surface area contributed by atoms with Crippen molar-refractivity contribution >= 4 is 5.97 Å². The van der Waals surface area contributed by atoms with Crippen LogP contribution >= 0.6 is 0 Å². The molecule has 0 aromatic heterocycles. The number of epoxide rings is 1. The van der Waals surface area contributed by atoms with Gasteiger partial charge in [-0.1, -0.05) is 36.4 Å². The van der Waals surface area contributed by atoms with Crippen LogP contribution in [0.2, 0.25) is 0 Å². The molecule has 0 aliphatic carbocycles. The number of hydrogen-bond acceptors (Lipinski definition) is 5. The van der Waals surface area contributed by atoms with Crippen molar-refractivity contribution in [3.05, 3.63) is 47.5 Å². The average molecular weight is 334 g/mol. The number of esters is 1. The molecule has 1 N–H and O–H groups in total. The molecule has 2 rings (SSSR count). The lowest BCUT2D eigenvalue weighted by molar-refractivity contribution is -0.138. The van der Waals surface area contributed by atoms with E-state index < -0.39 is 6.10 Å². The van der Waals surface area contributed by atoms with Gasteiger partial charge in [-0.05, 0) is 32.3 Å². The van der Waals surface area contributed by atoms with Gasteiger partial charge >= 0.3 is 5.97 Å². The van der Waals surface area contributed by atoms with Gasteiger partial charge < -0.3 is 19.3 Å². The van der Waals surface area contributed by atoms with E-state index in [-0.39, 0.29) is 24.8 Å². The van der Waals surface area contributed by atoms with Crippen molar-refractivity contribution in [2.45, 2.75) is 51.6 Å². The van der Waals surface area contributed by atoms with Crippen molar-refractivity contribution in [3.8, 4) is 0 Å². The third-order valence-corrected chi connectivity index (χ3v) is 3.90. The molecule has 1 saturated heterocycles. The quantitative estimate of drug-likeness (QED) is 0.405. The third kappa shape index (κ3) is 6.07. The fourth-order valence-electron chi connectivity index (χ4n) is 2.49. The summed E-state index contributed by atoms with van der Waals surface area (Å²) in [5.74, 6) is -0.278. The topological polar surface area (TPSA) is 68.3 Å². The molecule has 5 nitrogen and oxygen atoms in total. The fourth-order valence-corrected chi connectivity index (χ4v) is 2.49. The molecule has 0 spiro atoms. The highest BCUT2D eigenvalue weighted by Crippen LogP contribution is 2.30. The molecule has 1 aliphatic rings. The average Bonchev–Trinajstić information content (AvgIpc) is 3.35. The van der Waals surface area contributed by atoms with E-state index in [1.165, 1.54) is 0 Å². The molecule has 0 amide bonds. The highest BCUT2D eigenvalue weighted by atomic mass is 16.6. The second-order valence-electron chi connectivity index (χ2n) is 5.89. The molecular formula is C19H26O5. The molecule has 0 saturated carbocycles. The van der Waals surface area contributed by atoms with Crippen LogP contribution in [0.5, 0.6) is 0 Å². The molecular weight excluding hydrogens is 308 g/mol. The van der Waals surface area contributed by atoms with Gasteiger partial charge in [-0.2, -0.15) is 0 Å². The number of aliphatic hydroxyl groups is 1. The molecule has 0 radical (unpaired) electrons. The predicted molar refractivity (Wildman–Crippen MR) is 90.4 cm³/mol. The molecule has 132 valence electrons. The maximum atomic E-state index is 11.5. The van der Waals surface area contributed by atoms with Crippen molar-refractivity contribution in [1.29, 1.82) is 0 Å². The number of carbonyl (C=O) groups excluding carboxylic acids is 1. The van der Waals surface area contributed by atoms with Gasteiger partial charge in [0.1, 0.15) is 12.2 Å². The van der Waals surface area contributed by atoms with Crippen LogP contribution in [-0.2, 0) is 25.6 Å². The van der Waals surface area contributed by atoms with E-state index in [9.17, 15) is 9.90 Å². The minimum absolute atomic E-state index is 0.0339.